The summed E-state index contributed by atoms with van der Waals surface area (Å²) >= 11 is 7.70. The minimum atomic E-state index is -0.402. The first kappa shape index (κ1) is 14.7. The molecule has 1 aliphatic carbocycles. The van der Waals surface area contributed by atoms with Crippen molar-refractivity contribution in [1.29, 1.82) is 5.26 Å². The molecule has 1 N–H and O–H groups in total. The molecule has 1 atom stereocenters. The molecule has 1 saturated carbocycles. The lowest BCUT2D eigenvalue weighted by Crippen LogP contribution is -2.51. The summed E-state index contributed by atoms with van der Waals surface area (Å²) in [5.74, 6) is 1.26. The Morgan fingerprint density at radius 1 is 1.53 bits per heavy atom. The van der Waals surface area contributed by atoms with Crippen molar-refractivity contribution in [3.63, 3.8) is 0 Å². The quantitative estimate of drug-likeness (QED) is 0.802. The van der Waals surface area contributed by atoms with Crippen molar-refractivity contribution in [3.8, 4) is 6.07 Å². The predicted octanol–water partition coefficient (Wildman–Crippen LogP) is 4.10. The van der Waals surface area contributed by atoms with Gasteiger partial charge < -0.3 is 0 Å². The molecule has 2 rings (SSSR count). The van der Waals surface area contributed by atoms with Crippen molar-refractivity contribution < 1.29 is 0 Å². The van der Waals surface area contributed by atoms with Gasteiger partial charge in [0.15, 0.2) is 0 Å². The first-order valence-corrected chi connectivity index (χ1v) is 7.99. The second-order valence-electron chi connectivity index (χ2n) is 5.40. The average Bonchev–Trinajstić information content (AvgIpc) is 3.19. The Labute approximate surface area is 124 Å². The van der Waals surface area contributed by atoms with E-state index in [0.717, 1.165) is 28.5 Å². The van der Waals surface area contributed by atoms with Crippen LogP contribution in [-0.4, -0.2) is 17.3 Å². The summed E-state index contributed by atoms with van der Waals surface area (Å²) < 4.78 is 0. The molecule has 0 heterocycles. The van der Waals surface area contributed by atoms with E-state index in [1.165, 1.54) is 0 Å². The van der Waals surface area contributed by atoms with Crippen LogP contribution >= 0.6 is 23.4 Å². The molecule has 0 amide bonds. The van der Waals surface area contributed by atoms with Gasteiger partial charge in [0.2, 0.25) is 0 Å². The summed E-state index contributed by atoms with van der Waals surface area (Å²) in [5.41, 5.74) is -0.402. The normalized spacial score (nSPS) is 18.1. The summed E-state index contributed by atoms with van der Waals surface area (Å²) in [6, 6.07) is 10.7. The van der Waals surface area contributed by atoms with E-state index in [9.17, 15) is 5.26 Å². The largest absolute Gasteiger partial charge is 0.296 e. The van der Waals surface area contributed by atoms with E-state index < -0.39 is 5.54 Å². The van der Waals surface area contributed by atoms with Gasteiger partial charge in [-0.05, 0) is 50.8 Å². The second kappa shape index (κ2) is 6.17. The van der Waals surface area contributed by atoms with E-state index in [2.05, 4.69) is 25.2 Å². The Kier molecular flexibility index (Phi) is 4.78. The van der Waals surface area contributed by atoms with Crippen molar-refractivity contribution in [2.24, 2.45) is 5.92 Å². The van der Waals surface area contributed by atoms with Crippen LogP contribution in [0.3, 0.4) is 0 Å². The number of nitriles is 1. The number of benzene rings is 1. The SMILES string of the molecule is CC(C)NC(C#N)(CSc1cccc(Cl)c1)C1CC1. The molecule has 102 valence electrons. The zero-order valence-electron chi connectivity index (χ0n) is 11.3. The number of nitrogens with zero attached hydrogens (tertiary/aromatic N) is 1. The molecule has 1 unspecified atom stereocenters. The minimum absolute atomic E-state index is 0.320. The highest BCUT2D eigenvalue weighted by molar-refractivity contribution is 7.99. The Bertz CT molecular complexity index is 479. The molecule has 1 aromatic carbocycles. The smallest absolute Gasteiger partial charge is 0.119 e. The van der Waals surface area contributed by atoms with Crippen LogP contribution < -0.4 is 5.32 Å². The third-order valence-electron chi connectivity index (χ3n) is 3.28. The van der Waals surface area contributed by atoms with Gasteiger partial charge in [0, 0.05) is 21.7 Å². The lowest BCUT2D eigenvalue weighted by molar-refractivity contribution is 0.370. The standard InChI is InChI=1S/C15H19ClN2S/c1-11(2)18-15(9-17,12-6-7-12)10-19-14-5-3-4-13(16)8-14/h3-5,8,11-12,18H,6-7,10H2,1-2H3. The van der Waals surface area contributed by atoms with E-state index in [1.54, 1.807) is 11.8 Å². The molecule has 1 aromatic rings. The van der Waals surface area contributed by atoms with Gasteiger partial charge in [-0.2, -0.15) is 5.26 Å². The highest BCUT2D eigenvalue weighted by atomic mass is 35.5. The fraction of sp³-hybridized carbons (Fsp3) is 0.533. The Morgan fingerprint density at radius 2 is 2.26 bits per heavy atom. The van der Waals surface area contributed by atoms with Crippen LogP contribution in [0.4, 0.5) is 0 Å². The second-order valence-corrected chi connectivity index (χ2v) is 6.89. The van der Waals surface area contributed by atoms with E-state index in [0.29, 0.717) is 12.0 Å². The Balaban J connectivity index is 2.06. The molecule has 1 fully saturated rings. The summed E-state index contributed by atoms with van der Waals surface area (Å²) in [7, 11) is 0. The molecule has 0 saturated heterocycles. The van der Waals surface area contributed by atoms with Gasteiger partial charge >= 0.3 is 0 Å². The summed E-state index contributed by atoms with van der Waals surface area (Å²) in [4.78, 5) is 1.12. The molecule has 0 aliphatic heterocycles. The van der Waals surface area contributed by atoms with Crippen molar-refractivity contribution >= 4 is 23.4 Å². The Hall–Kier alpha value is -0.690. The van der Waals surface area contributed by atoms with Crippen LogP contribution in [0, 0.1) is 17.2 Å². The topological polar surface area (TPSA) is 35.8 Å². The van der Waals surface area contributed by atoms with Crippen LogP contribution in [0.25, 0.3) is 0 Å². The molecular weight excluding hydrogens is 276 g/mol. The van der Waals surface area contributed by atoms with Gasteiger partial charge in [-0.25, -0.2) is 0 Å². The first-order chi connectivity index (χ1) is 9.05. The molecule has 2 nitrogen and oxygen atoms in total. The lowest BCUT2D eigenvalue weighted by atomic mass is 9.96. The predicted molar refractivity (Wildman–Crippen MR) is 81.5 cm³/mol. The van der Waals surface area contributed by atoms with Crippen molar-refractivity contribution in [2.45, 2.75) is 43.2 Å². The summed E-state index contributed by atoms with van der Waals surface area (Å²) in [6.45, 7) is 4.19. The number of nitrogens with one attached hydrogen (secondary N) is 1. The summed E-state index contributed by atoms with van der Waals surface area (Å²) in [5, 5.41) is 13.8. The van der Waals surface area contributed by atoms with Gasteiger partial charge in [-0.1, -0.05) is 17.7 Å². The molecule has 0 radical (unpaired) electrons. The molecular formula is C15H19ClN2S. The van der Waals surface area contributed by atoms with Crippen LogP contribution in [-0.2, 0) is 0 Å². The number of halogens is 1. The van der Waals surface area contributed by atoms with Gasteiger partial charge in [0.25, 0.3) is 0 Å². The number of rotatable bonds is 6. The van der Waals surface area contributed by atoms with E-state index in [-0.39, 0.29) is 0 Å². The molecule has 4 heteroatoms. The van der Waals surface area contributed by atoms with E-state index in [4.69, 9.17) is 11.6 Å². The zero-order chi connectivity index (χ0) is 13.9. The summed E-state index contributed by atoms with van der Waals surface area (Å²) in [6.07, 6.45) is 2.31. The Morgan fingerprint density at radius 3 is 2.79 bits per heavy atom. The molecule has 0 aromatic heterocycles. The maximum absolute atomic E-state index is 9.62. The highest BCUT2D eigenvalue weighted by Gasteiger charge is 2.45. The van der Waals surface area contributed by atoms with Crippen LogP contribution in [0.2, 0.25) is 5.02 Å². The maximum Gasteiger partial charge on any atom is 0.119 e. The molecule has 1 aliphatic rings. The number of thioether (sulfide) groups is 1. The fourth-order valence-corrected chi connectivity index (χ4v) is 3.70. The molecule has 0 spiro atoms. The number of hydrogen-bond acceptors (Lipinski definition) is 3. The third kappa shape index (κ3) is 3.89. The lowest BCUT2D eigenvalue weighted by Gasteiger charge is -2.30. The number of hydrogen-bond donors (Lipinski definition) is 1. The van der Waals surface area contributed by atoms with E-state index in [1.807, 2.05) is 24.3 Å². The maximum atomic E-state index is 9.62. The average molecular weight is 295 g/mol. The minimum Gasteiger partial charge on any atom is -0.296 e. The van der Waals surface area contributed by atoms with E-state index >= 15 is 0 Å². The van der Waals surface area contributed by atoms with Crippen molar-refractivity contribution in [1.82, 2.24) is 5.32 Å². The molecule has 19 heavy (non-hydrogen) atoms. The van der Waals surface area contributed by atoms with Gasteiger partial charge in [0.1, 0.15) is 5.54 Å². The van der Waals surface area contributed by atoms with Crippen molar-refractivity contribution in [2.75, 3.05) is 5.75 Å². The van der Waals surface area contributed by atoms with Gasteiger partial charge in [-0.3, -0.25) is 5.32 Å². The highest BCUT2D eigenvalue weighted by Crippen LogP contribution is 2.42. The third-order valence-corrected chi connectivity index (χ3v) is 4.70. The van der Waals surface area contributed by atoms with Crippen LogP contribution in [0.15, 0.2) is 29.2 Å². The van der Waals surface area contributed by atoms with Crippen molar-refractivity contribution in [3.05, 3.63) is 29.3 Å². The fourth-order valence-electron chi connectivity index (χ4n) is 2.28. The van der Waals surface area contributed by atoms with Gasteiger partial charge in [-0.15, -0.1) is 11.8 Å². The van der Waals surface area contributed by atoms with Crippen LogP contribution in [0.1, 0.15) is 26.7 Å². The van der Waals surface area contributed by atoms with Crippen LogP contribution in [0.5, 0.6) is 0 Å². The monoisotopic (exact) mass is 294 g/mol. The molecule has 0 bridgehead atoms. The first-order valence-electron chi connectivity index (χ1n) is 6.63. The van der Waals surface area contributed by atoms with Gasteiger partial charge in [0.05, 0.1) is 6.07 Å². The zero-order valence-corrected chi connectivity index (χ0v) is 12.9.